The number of piperazine rings is 1. The summed E-state index contributed by atoms with van der Waals surface area (Å²) in [6, 6.07) is 6.53. The molecule has 3 N–H and O–H groups in total. The molecule has 0 radical (unpaired) electrons. The number of carbonyl (C=O) groups excluding carboxylic acids is 2. The van der Waals surface area contributed by atoms with Gasteiger partial charge in [-0.15, -0.1) is 0 Å². The number of aromatic amines is 1. The molecule has 2 saturated carbocycles. The van der Waals surface area contributed by atoms with Crippen LogP contribution < -0.4 is 10.9 Å². The summed E-state index contributed by atoms with van der Waals surface area (Å²) in [4.78, 5) is 51.1. The summed E-state index contributed by atoms with van der Waals surface area (Å²) < 4.78 is 47.1. The van der Waals surface area contributed by atoms with Gasteiger partial charge in [0.15, 0.2) is 6.17 Å². The van der Waals surface area contributed by atoms with Gasteiger partial charge < -0.3 is 20.2 Å². The Morgan fingerprint density at radius 2 is 1.66 bits per heavy atom. The molecule has 2 heterocycles. The van der Waals surface area contributed by atoms with Crippen molar-refractivity contribution in [2.24, 2.45) is 5.92 Å². The number of alkyl halides is 4. The van der Waals surface area contributed by atoms with Crippen molar-refractivity contribution in [1.82, 2.24) is 25.3 Å². The van der Waals surface area contributed by atoms with E-state index >= 15 is 4.39 Å². The van der Waals surface area contributed by atoms with Crippen molar-refractivity contribution in [3.63, 3.8) is 0 Å². The minimum absolute atomic E-state index is 0.143. The number of benzene rings is 1. The third-order valence-electron chi connectivity index (χ3n) is 8.62. The first-order valence-electron chi connectivity index (χ1n) is 14.7. The number of hydrogen-bond donors (Lipinski definition) is 3. The Morgan fingerprint density at radius 1 is 1.07 bits per heavy atom. The van der Waals surface area contributed by atoms with Crippen LogP contribution in [0.3, 0.4) is 0 Å². The minimum atomic E-state index is -5.08. The molecule has 0 spiro atoms. The van der Waals surface area contributed by atoms with Crippen LogP contribution in [0.2, 0.25) is 0 Å². The van der Waals surface area contributed by atoms with Crippen LogP contribution in [0.1, 0.15) is 77.4 Å². The van der Waals surface area contributed by atoms with E-state index < -0.39 is 23.9 Å². The molecule has 3 fully saturated rings. The molecule has 2 aromatic rings. The van der Waals surface area contributed by atoms with Crippen LogP contribution in [0.4, 0.5) is 17.6 Å². The lowest BCUT2D eigenvalue weighted by atomic mass is 9.94. The molecule has 44 heavy (non-hydrogen) atoms. The molecule has 10 nitrogen and oxygen atoms in total. The number of carbonyl (C=O) groups is 3. The largest absolute Gasteiger partial charge is 0.490 e. The van der Waals surface area contributed by atoms with Crippen molar-refractivity contribution in [2.75, 3.05) is 32.7 Å². The molecule has 1 saturated heterocycles. The number of carboxylic acids is 1. The highest BCUT2D eigenvalue weighted by Gasteiger charge is 2.44. The second-order valence-electron chi connectivity index (χ2n) is 11.7. The van der Waals surface area contributed by atoms with Gasteiger partial charge in [-0.1, -0.05) is 25.0 Å². The van der Waals surface area contributed by atoms with E-state index in [1.807, 2.05) is 4.90 Å². The smallest absolute Gasteiger partial charge is 0.475 e. The first kappa shape index (κ1) is 33.1. The highest BCUT2D eigenvalue weighted by atomic mass is 19.4. The van der Waals surface area contributed by atoms with E-state index in [0.717, 1.165) is 32.2 Å². The Kier molecular flexibility index (Phi) is 10.1. The van der Waals surface area contributed by atoms with Gasteiger partial charge in [-0.2, -0.15) is 18.3 Å². The van der Waals surface area contributed by atoms with Crippen molar-refractivity contribution in [1.29, 1.82) is 0 Å². The second-order valence-corrected chi connectivity index (χ2v) is 11.7. The van der Waals surface area contributed by atoms with Gasteiger partial charge in [0, 0.05) is 37.3 Å². The molecule has 2 aliphatic carbocycles. The van der Waals surface area contributed by atoms with Crippen molar-refractivity contribution in [2.45, 2.75) is 70.3 Å². The first-order valence-corrected chi connectivity index (χ1v) is 14.7. The molecule has 1 aromatic carbocycles. The lowest BCUT2D eigenvalue weighted by Gasteiger charge is -2.40. The van der Waals surface area contributed by atoms with E-state index in [1.54, 1.807) is 43.0 Å². The number of amides is 2. The fourth-order valence-corrected chi connectivity index (χ4v) is 5.58. The number of carboxylic acid groups (broad SMARTS) is 1. The zero-order valence-corrected chi connectivity index (χ0v) is 24.7. The summed E-state index contributed by atoms with van der Waals surface area (Å²) in [6.07, 6.45) is -0.228. The normalized spacial score (nSPS) is 18.8. The van der Waals surface area contributed by atoms with Crippen LogP contribution in [0.15, 0.2) is 29.1 Å². The predicted octanol–water partition coefficient (Wildman–Crippen LogP) is 3.68. The summed E-state index contributed by atoms with van der Waals surface area (Å²) in [7, 11) is 0. The predicted molar refractivity (Wildman–Crippen MR) is 152 cm³/mol. The third kappa shape index (κ3) is 7.63. The van der Waals surface area contributed by atoms with Gasteiger partial charge in [-0.05, 0) is 75.3 Å². The number of hydrogen-bond acceptors (Lipinski definition) is 6. The van der Waals surface area contributed by atoms with Crippen LogP contribution >= 0.6 is 0 Å². The van der Waals surface area contributed by atoms with Crippen molar-refractivity contribution in [3.8, 4) is 0 Å². The maximum absolute atomic E-state index is 15.4. The number of nitrogens with zero attached hydrogens (tertiary/aromatic N) is 3. The Hall–Kier alpha value is -3.81. The van der Waals surface area contributed by atoms with E-state index in [-0.39, 0.29) is 23.1 Å². The van der Waals surface area contributed by atoms with Gasteiger partial charge in [0.05, 0.1) is 5.54 Å². The molecule has 1 aliphatic heterocycles. The van der Waals surface area contributed by atoms with Crippen LogP contribution in [-0.4, -0.2) is 87.3 Å². The van der Waals surface area contributed by atoms with Gasteiger partial charge in [0.2, 0.25) is 5.91 Å². The van der Waals surface area contributed by atoms with Crippen molar-refractivity contribution in [3.05, 3.63) is 62.6 Å². The Bertz CT molecular complexity index is 1430. The Balaban J connectivity index is 0.000000566. The summed E-state index contributed by atoms with van der Waals surface area (Å²) in [5.41, 5.74) is 1.00. The fraction of sp³-hybridized carbons (Fsp3) is 0.567. The molecule has 3 aliphatic rings. The molecule has 1 unspecified atom stereocenters. The molecule has 1 atom stereocenters. The lowest BCUT2D eigenvalue weighted by molar-refractivity contribution is -0.192. The zero-order valence-electron chi connectivity index (χ0n) is 24.7. The van der Waals surface area contributed by atoms with Crippen LogP contribution in [0.5, 0.6) is 0 Å². The van der Waals surface area contributed by atoms with E-state index in [2.05, 4.69) is 15.5 Å². The van der Waals surface area contributed by atoms with Crippen LogP contribution in [0, 0.1) is 19.8 Å². The Labute approximate surface area is 251 Å². The number of aromatic nitrogens is 2. The summed E-state index contributed by atoms with van der Waals surface area (Å²) >= 11 is 0. The van der Waals surface area contributed by atoms with E-state index in [4.69, 9.17) is 9.90 Å². The van der Waals surface area contributed by atoms with Crippen molar-refractivity contribution < 1.29 is 37.1 Å². The Morgan fingerprint density at radius 3 is 2.23 bits per heavy atom. The topological polar surface area (TPSA) is 136 Å². The number of rotatable bonds is 7. The highest BCUT2D eigenvalue weighted by molar-refractivity contribution is 5.95. The molecule has 1 aromatic heterocycles. The van der Waals surface area contributed by atoms with E-state index in [9.17, 15) is 27.6 Å². The number of nitrogens with one attached hydrogen (secondary N) is 2. The van der Waals surface area contributed by atoms with Crippen LogP contribution in [-0.2, 0) is 9.59 Å². The lowest BCUT2D eigenvalue weighted by Crippen LogP contribution is -2.61. The minimum Gasteiger partial charge on any atom is -0.475 e. The van der Waals surface area contributed by atoms with Gasteiger partial charge >= 0.3 is 12.1 Å². The molecule has 5 rings (SSSR count). The summed E-state index contributed by atoms with van der Waals surface area (Å²) in [6.45, 7) is 6.13. The fourth-order valence-electron chi connectivity index (χ4n) is 5.58. The third-order valence-corrected chi connectivity index (χ3v) is 8.62. The molecule has 0 bridgehead atoms. The zero-order chi connectivity index (χ0) is 32.2. The quantitative estimate of drug-likeness (QED) is 0.401. The van der Waals surface area contributed by atoms with Gasteiger partial charge in [-0.25, -0.2) is 14.3 Å². The summed E-state index contributed by atoms with van der Waals surface area (Å²) in [5, 5.41) is 17.0. The van der Waals surface area contributed by atoms with Crippen molar-refractivity contribution >= 4 is 17.8 Å². The maximum atomic E-state index is 15.4. The number of halogens is 4. The van der Waals surface area contributed by atoms with E-state index in [0.29, 0.717) is 54.4 Å². The molecular weight excluding hydrogens is 586 g/mol. The first-order chi connectivity index (χ1) is 20.7. The van der Waals surface area contributed by atoms with E-state index in [1.165, 1.54) is 12.8 Å². The SMILES string of the molecule is Cc1c(C(F)c2cccc(C(=O)N3CCN(C(=O)C4(NCC5CC5)CCCC4)CC3)c2)n[nH]c(=O)c1C.O=C(O)C(F)(F)F. The highest BCUT2D eigenvalue weighted by Crippen LogP contribution is 2.35. The van der Waals surface area contributed by atoms with Gasteiger partial charge in [0.1, 0.15) is 5.69 Å². The maximum Gasteiger partial charge on any atom is 0.490 e. The monoisotopic (exact) mass is 623 g/mol. The average Bonchev–Trinajstić information content (AvgIpc) is 3.72. The van der Waals surface area contributed by atoms with Gasteiger partial charge in [-0.3, -0.25) is 14.4 Å². The number of aliphatic carboxylic acids is 1. The molecular formula is C30H37F4N5O5. The molecule has 14 heteroatoms. The van der Waals surface area contributed by atoms with Gasteiger partial charge in [0.25, 0.3) is 11.5 Å². The standard InChI is InChI=1S/C28H36FN5O3.C2HF3O2/c1-18-19(2)25(35)32-31-24(18)23(29)21-6-5-7-22(16-21)26(36)33-12-14-34(15-13-33)27(37)28(10-3-4-11-28)30-17-20-8-9-20;3-2(4,5)1(6)7/h5-7,16,20,23,30H,3-4,8-15,17H2,1-2H3,(H,32,35);(H,6,7). The molecule has 240 valence electrons. The number of H-pyrrole nitrogens is 1. The summed E-state index contributed by atoms with van der Waals surface area (Å²) in [5.74, 6) is -2.04. The molecule has 2 amide bonds. The second kappa shape index (κ2) is 13.4. The van der Waals surface area contributed by atoms with Crippen LogP contribution in [0.25, 0.3) is 0 Å². The average molecular weight is 624 g/mol.